The fourth-order valence-electron chi connectivity index (χ4n) is 0.756. The van der Waals surface area contributed by atoms with Crippen LogP contribution in [0.5, 0.6) is 0 Å². The summed E-state index contributed by atoms with van der Waals surface area (Å²) in [6, 6.07) is 0. The van der Waals surface area contributed by atoms with E-state index in [9.17, 15) is 9.59 Å². The van der Waals surface area contributed by atoms with Gasteiger partial charge in [0, 0.05) is 0 Å². The second-order valence-corrected chi connectivity index (χ2v) is 3.89. The van der Waals surface area contributed by atoms with Crippen LogP contribution >= 0.6 is 0 Å². The molecular weight excluding hydrogens is 198 g/mol. The van der Waals surface area contributed by atoms with E-state index in [1.165, 1.54) is 6.08 Å². The Bertz CT molecular complexity index is 232. The third kappa shape index (κ3) is 7.54. The molecule has 1 atom stereocenters. The molecule has 0 fully saturated rings. The minimum atomic E-state index is -0.552. The van der Waals surface area contributed by atoms with Gasteiger partial charge in [0.15, 0.2) is 0 Å². The molecule has 0 spiro atoms. The highest BCUT2D eigenvalue weighted by molar-refractivity contribution is 5.67. The highest BCUT2D eigenvalue weighted by Crippen LogP contribution is 2.06. The Labute approximate surface area is 89.4 Å². The lowest BCUT2D eigenvalue weighted by atomic mass is 10.2. The number of rotatable bonds is 5. The molecular formula is C10H17NO4. The van der Waals surface area contributed by atoms with Crippen LogP contribution in [0.25, 0.3) is 0 Å². The first-order chi connectivity index (χ1) is 6.89. The summed E-state index contributed by atoms with van der Waals surface area (Å²) in [5.41, 5.74) is -0.542. The quantitative estimate of drug-likeness (QED) is 0.553. The van der Waals surface area contributed by atoms with E-state index in [1.54, 1.807) is 20.8 Å². The fraction of sp³-hybridized carbons (Fsp3) is 0.600. The third-order valence-electron chi connectivity index (χ3n) is 1.34. The molecule has 5 heteroatoms. The van der Waals surface area contributed by atoms with Crippen LogP contribution in [0.2, 0.25) is 0 Å². The molecule has 0 aliphatic rings. The van der Waals surface area contributed by atoms with E-state index in [4.69, 9.17) is 4.74 Å². The zero-order chi connectivity index (χ0) is 11.9. The lowest BCUT2D eigenvalue weighted by molar-refractivity contribution is -0.131. The molecule has 0 bridgehead atoms. The van der Waals surface area contributed by atoms with Crippen molar-refractivity contribution in [3.05, 3.63) is 12.7 Å². The Balaban J connectivity index is 3.88. The maximum Gasteiger partial charge on any atom is 0.407 e. The van der Waals surface area contributed by atoms with Crippen molar-refractivity contribution in [3.8, 4) is 0 Å². The van der Waals surface area contributed by atoms with Crippen LogP contribution in [-0.4, -0.2) is 30.8 Å². The van der Waals surface area contributed by atoms with E-state index in [-0.39, 0.29) is 6.54 Å². The Morgan fingerprint density at radius 1 is 1.53 bits per heavy atom. The van der Waals surface area contributed by atoms with Crippen LogP contribution < -0.4 is 5.32 Å². The molecule has 0 aromatic carbocycles. The summed E-state index contributed by atoms with van der Waals surface area (Å²) in [6.45, 7) is 9.20. The summed E-state index contributed by atoms with van der Waals surface area (Å²) >= 11 is 0. The van der Waals surface area contributed by atoms with Crippen molar-refractivity contribution < 1.29 is 19.1 Å². The van der Waals surface area contributed by atoms with Crippen LogP contribution in [0, 0.1) is 0 Å². The lowest BCUT2D eigenvalue weighted by Crippen LogP contribution is -2.37. The first-order valence-electron chi connectivity index (χ1n) is 4.57. The molecule has 1 amide bonds. The van der Waals surface area contributed by atoms with Crippen molar-refractivity contribution >= 4 is 12.6 Å². The summed E-state index contributed by atoms with van der Waals surface area (Å²) in [5, 5.41) is 2.46. The highest BCUT2D eigenvalue weighted by Gasteiger charge is 2.16. The molecule has 1 N–H and O–H groups in total. The van der Waals surface area contributed by atoms with Gasteiger partial charge in [-0.05, 0) is 26.8 Å². The Kier molecular flexibility index (Phi) is 5.44. The Morgan fingerprint density at radius 3 is 2.53 bits per heavy atom. The number of hydrogen-bond acceptors (Lipinski definition) is 4. The smallest absolute Gasteiger partial charge is 0.407 e. The average Bonchev–Trinajstić information content (AvgIpc) is 2.09. The van der Waals surface area contributed by atoms with Gasteiger partial charge in [-0.15, -0.1) is 0 Å². The molecule has 0 radical (unpaired) electrons. The molecule has 0 rings (SSSR count). The minimum absolute atomic E-state index is 0.150. The zero-order valence-electron chi connectivity index (χ0n) is 9.28. The molecule has 0 aromatic heterocycles. The van der Waals surface area contributed by atoms with Crippen LogP contribution in [0.4, 0.5) is 4.79 Å². The second-order valence-electron chi connectivity index (χ2n) is 3.89. The predicted octanol–water partition coefficient (Wildman–Crippen LogP) is 1.24. The summed E-state index contributed by atoms with van der Waals surface area (Å²) in [4.78, 5) is 21.2. The van der Waals surface area contributed by atoms with Gasteiger partial charge >= 0.3 is 6.09 Å². The van der Waals surface area contributed by atoms with E-state index in [2.05, 4.69) is 16.6 Å². The number of amides is 1. The summed E-state index contributed by atoms with van der Waals surface area (Å²) in [7, 11) is 0. The van der Waals surface area contributed by atoms with Crippen molar-refractivity contribution in [3.63, 3.8) is 0 Å². The average molecular weight is 215 g/mol. The van der Waals surface area contributed by atoms with Crippen molar-refractivity contribution in [2.75, 3.05) is 6.54 Å². The van der Waals surface area contributed by atoms with Crippen molar-refractivity contribution in [1.82, 2.24) is 5.32 Å². The van der Waals surface area contributed by atoms with Crippen LogP contribution in [0.3, 0.4) is 0 Å². The molecule has 0 saturated carbocycles. The van der Waals surface area contributed by atoms with Crippen molar-refractivity contribution in [2.45, 2.75) is 32.5 Å². The summed E-state index contributed by atoms with van der Waals surface area (Å²) in [6.07, 6.45) is 0.338. The molecule has 0 aliphatic carbocycles. The van der Waals surface area contributed by atoms with E-state index in [1.807, 2.05) is 0 Å². The zero-order valence-corrected chi connectivity index (χ0v) is 9.28. The molecule has 5 nitrogen and oxygen atoms in total. The number of ether oxygens (including phenoxy) is 2. The predicted molar refractivity (Wildman–Crippen MR) is 55.4 cm³/mol. The van der Waals surface area contributed by atoms with Gasteiger partial charge in [-0.1, -0.05) is 6.58 Å². The number of carbonyl (C=O) groups is 2. The molecule has 1 unspecified atom stereocenters. The molecule has 86 valence electrons. The highest BCUT2D eigenvalue weighted by atomic mass is 16.6. The minimum Gasteiger partial charge on any atom is -0.458 e. The Hall–Kier alpha value is -1.52. The van der Waals surface area contributed by atoms with E-state index >= 15 is 0 Å². The van der Waals surface area contributed by atoms with E-state index in [0.29, 0.717) is 6.47 Å². The fourth-order valence-corrected chi connectivity index (χ4v) is 0.756. The normalized spacial score (nSPS) is 12.5. The van der Waals surface area contributed by atoms with Gasteiger partial charge in [-0.2, -0.15) is 0 Å². The van der Waals surface area contributed by atoms with Gasteiger partial charge in [-0.25, -0.2) is 4.79 Å². The molecule has 0 aliphatic heterocycles. The van der Waals surface area contributed by atoms with E-state index < -0.39 is 17.8 Å². The monoisotopic (exact) mass is 215 g/mol. The van der Waals surface area contributed by atoms with Gasteiger partial charge in [-0.3, -0.25) is 4.79 Å². The van der Waals surface area contributed by atoms with Crippen LogP contribution in [0.15, 0.2) is 12.7 Å². The number of carbonyl (C=O) groups excluding carboxylic acids is 2. The molecule has 0 aromatic rings. The van der Waals surface area contributed by atoms with Gasteiger partial charge < -0.3 is 14.8 Å². The SMILES string of the molecule is C=CC(CNC(=O)OC(C)(C)C)OC=O. The standard InChI is InChI=1S/C10H17NO4/c1-5-8(14-7-12)6-11-9(13)15-10(2,3)4/h5,7-8H,1,6H2,2-4H3,(H,11,13). The van der Waals surface area contributed by atoms with Crippen molar-refractivity contribution in [1.29, 1.82) is 0 Å². The number of alkyl carbamates (subject to hydrolysis) is 1. The van der Waals surface area contributed by atoms with Gasteiger partial charge in [0.25, 0.3) is 6.47 Å². The van der Waals surface area contributed by atoms with Crippen LogP contribution in [-0.2, 0) is 14.3 Å². The third-order valence-corrected chi connectivity index (χ3v) is 1.34. The summed E-state index contributed by atoms with van der Waals surface area (Å²) in [5.74, 6) is 0. The molecule has 0 saturated heterocycles. The van der Waals surface area contributed by atoms with Crippen LogP contribution in [0.1, 0.15) is 20.8 Å². The molecule has 15 heavy (non-hydrogen) atoms. The maximum atomic E-state index is 11.2. The number of nitrogens with one attached hydrogen (secondary N) is 1. The van der Waals surface area contributed by atoms with E-state index in [0.717, 1.165) is 0 Å². The summed E-state index contributed by atoms with van der Waals surface area (Å²) < 4.78 is 9.59. The van der Waals surface area contributed by atoms with Gasteiger partial charge in [0.05, 0.1) is 6.54 Å². The first-order valence-corrected chi connectivity index (χ1v) is 4.57. The molecule has 0 heterocycles. The second kappa shape index (κ2) is 6.06. The topological polar surface area (TPSA) is 64.6 Å². The maximum absolute atomic E-state index is 11.2. The Morgan fingerprint density at radius 2 is 2.13 bits per heavy atom. The van der Waals surface area contributed by atoms with Gasteiger partial charge in [0.1, 0.15) is 11.7 Å². The number of hydrogen-bond donors (Lipinski definition) is 1. The van der Waals surface area contributed by atoms with Crippen molar-refractivity contribution in [2.24, 2.45) is 0 Å². The largest absolute Gasteiger partial charge is 0.458 e. The lowest BCUT2D eigenvalue weighted by Gasteiger charge is -2.20. The van der Waals surface area contributed by atoms with Gasteiger partial charge in [0.2, 0.25) is 0 Å². The first kappa shape index (κ1) is 13.5.